The van der Waals surface area contributed by atoms with Gasteiger partial charge in [0.05, 0.1) is 0 Å². The summed E-state index contributed by atoms with van der Waals surface area (Å²) in [5.41, 5.74) is -1.74. The number of benzene rings is 2. The van der Waals surface area contributed by atoms with Gasteiger partial charge in [-0.2, -0.15) is 13.2 Å². The van der Waals surface area contributed by atoms with Gasteiger partial charge in [-0.25, -0.2) is 13.8 Å². The Labute approximate surface area is 207 Å². The first-order valence-corrected chi connectivity index (χ1v) is 12.9. The molecule has 0 aromatic heterocycles. The Balaban J connectivity index is 2.01. The van der Waals surface area contributed by atoms with E-state index in [-0.39, 0.29) is 19.6 Å². The van der Waals surface area contributed by atoms with Crippen LogP contribution in [0.5, 0.6) is 0 Å². The number of alkyl halides is 3. The van der Waals surface area contributed by atoms with E-state index < -0.39 is 57.5 Å². The number of rotatable bonds is 12. The summed E-state index contributed by atoms with van der Waals surface area (Å²) in [5, 5.41) is 11.9. The van der Waals surface area contributed by atoms with Crippen molar-refractivity contribution < 1.29 is 41.5 Å². The number of halogens is 3. The van der Waals surface area contributed by atoms with Crippen LogP contribution < -0.4 is 5.32 Å². The summed E-state index contributed by atoms with van der Waals surface area (Å²) < 4.78 is 69.4. The van der Waals surface area contributed by atoms with Crippen molar-refractivity contribution in [3.8, 4) is 0 Å². The Bertz CT molecular complexity index is 1090. The quantitative estimate of drug-likeness (QED) is 0.354. The minimum absolute atomic E-state index is 0.0832. The van der Waals surface area contributed by atoms with Gasteiger partial charge in [0.1, 0.15) is 19.3 Å². The molecule has 0 spiro atoms. The van der Waals surface area contributed by atoms with Crippen molar-refractivity contribution in [3.05, 3.63) is 71.8 Å². The van der Waals surface area contributed by atoms with Crippen LogP contribution in [0.4, 0.5) is 18.0 Å². The third kappa shape index (κ3) is 9.86. The second-order valence-corrected chi connectivity index (χ2v) is 10.8. The SMILES string of the molecule is C[C@](O)(CCS(=N)(=O)CC[C@H](NC(=O)OCc1ccccc1)C(=O)OCc1ccccc1)C(F)(F)F. The highest BCUT2D eigenvalue weighted by Gasteiger charge is 2.49. The molecule has 0 aliphatic carbocycles. The Morgan fingerprint density at radius 2 is 1.47 bits per heavy atom. The summed E-state index contributed by atoms with van der Waals surface area (Å²) in [6.07, 6.45) is -7.20. The number of ether oxygens (including phenoxy) is 2. The van der Waals surface area contributed by atoms with Crippen molar-refractivity contribution in [1.82, 2.24) is 5.32 Å². The van der Waals surface area contributed by atoms with Crippen molar-refractivity contribution >= 4 is 21.8 Å². The first-order valence-electron chi connectivity index (χ1n) is 11.0. The number of hydrogen-bond acceptors (Lipinski definition) is 7. The van der Waals surface area contributed by atoms with Crippen LogP contribution in [0.1, 0.15) is 30.9 Å². The Morgan fingerprint density at radius 1 is 0.972 bits per heavy atom. The van der Waals surface area contributed by atoms with E-state index in [0.29, 0.717) is 18.1 Å². The third-order valence-corrected chi connectivity index (χ3v) is 7.04. The normalized spacial score (nSPS) is 15.7. The van der Waals surface area contributed by atoms with Crippen molar-refractivity contribution in [2.24, 2.45) is 0 Å². The lowest BCUT2D eigenvalue weighted by Crippen LogP contribution is -2.44. The molecule has 0 saturated heterocycles. The number of nitrogens with one attached hydrogen (secondary N) is 2. The fourth-order valence-corrected chi connectivity index (χ4v) is 4.45. The molecule has 3 atom stereocenters. The van der Waals surface area contributed by atoms with Gasteiger partial charge in [-0.05, 0) is 30.9 Å². The molecule has 0 aliphatic heterocycles. The minimum Gasteiger partial charge on any atom is -0.459 e. The Morgan fingerprint density at radius 3 is 1.97 bits per heavy atom. The third-order valence-electron chi connectivity index (χ3n) is 5.28. The molecular formula is C24H29F3N2O6S. The summed E-state index contributed by atoms with van der Waals surface area (Å²) >= 11 is 0. The zero-order valence-electron chi connectivity index (χ0n) is 19.6. The number of alkyl carbamates (subject to hydrolysis) is 1. The summed E-state index contributed by atoms with van der Waals surface area (Å²) in [6.45, 7) is 0.346. The van der Waals surface area contributed by atoms with Gasteiger partial charge >= 0.3 is 18.2 Å². The van der Waals surface area contributed by atoms with E-state index in [1.807, 2.05) is 0 Å². The van der Waals surface area contributed by atoms with Crippen molar-refractivity contribution in [3.63, 3.8) is 0 Å². The van der Waals surface area contributed by atoms with Crippen LogP contribution >= 0.6 is 0 Å². The van der Waals surface area contributed by atoms with E-state index in [1.165, 1.54) is 0 Å². The second-order valence-electron chi connectivity index (χ2n) is 8.38. The van der Waals surface area contributed by atoms with Crippen LogP contribution in [0.2, 0.25) is 0 Å². The molecule has 0 heterocycles. The first kappa shape index (κ1) is 29.1. The van der Waals surface area contributed by atoms with Gasteiger partial charge in [-0.3, -0.25) is 4.78 Å². The predicted molar refractivity (Wildman–Crippen MR) is 126 cm³/mol. The Hall–Kier alpha value is -3.12. The number of carbonyl (C=O) groups excluding carboxylic acids is 2. The van der Waals surface area contributed by atoms with Crippen LogP contribution in [-0.2, 0) is 37.2 Å². The maximum atomic E-state index is 12.9. The van der Waals surface area contributed by atoms with Crippen LogP contribution in [0.25, 0.3) is 0 Å². The Kier molecular flexibility index (Phi) is 10.3. The maximum Gasteiger partial charge on any atom is 0.416 e. The monoisotopic (exact) mass is 530 g/mol. The standard InChI is InChI=1S/C24H29F3N2O6S/c1-23(32,24(25,26)27)13-15-36(28,33)14-12-20(21(30)34-16-18-8-4-2-5-9-18)29-22(31)35-17-19-10-6-3-7-11-19/h2-11,20,28,32H,12-17H2,1H3,(H,29,31)/t20-,23-,36?/m0/s1. The van der Waals surface area contributed by atoms with Gasteiger partial charge in [0.25, 0.3) is 0 Å². The number of carbonyl (C=O) groups is 2. The van der Waals surface area contributed by atoms with Crippen LogP contribution in [0.3, 0.4) is 0 Å². The highest BCUT2D eigenvalue weighted by atomic mass is 32.2. The molecule has 1 unspecified atom stereocenters. The van der Waals surface area contributed by atoms with Gasteiger partial charge in [0.2, 0.25) is 0 Å². The van der Waals surface area contributed by atoms with Crippen LogP contribution in [0.15, 0.2) is 60.7 Å². The molecule has 3 N–H and O–H groups in total. The lowest BCUT2D eigenvalue weighted by atomic mass is 10.0. The van der Waals surface area contributed by atoms with Gasteiger partial charge < -0.3 is 19.9 Å². The van der Waals surface area contributed by atoms with Gasteiger partial charge in [-0.15, -0.1) is 0 Å². The summed E-state index contributed by atoms with van der Waals surface area (Å²) in [6, 6.07) is 16.1. The van der Waals surface area contributed by atoms with E-state index in [2.05, 4.69) is 5.32 Å². The molecule has 0 radical (unpaired) electrons. The second kappa shape index (κ2) is 12.7. The highest BCUT2D eigenvalue weighted by Crippen LogP contribution is 2.33. The van der Waals surface area contributed by atoms with Crippen LogP contribution in [-0.4, -0.2) is 50.7 Å². The number of hydrogen-bond donors (Lipinski definition) is 3. The largest absolute Gasteiger partial charge is 0.459 e. The van der Waals surface area contributed by atoms with Gasteiger partial charge in [0, 0.05) is 21.2 Å². The molecule has 0 saturated carbocycles. The zero-order valence-corrected chi connectivity index (χ0v) is 20.4. The average molecular weight is 531 g/mol. The molecule has 0 aliphatic rings. The smallest absolute Gasteiger partial charge is 0.416 e. The fraction of sp³-hybridized carbons (Fsp3) is 0.417. The van der Waals surface area contributed by atoms with E-state index in [4.69, 9.17) is 14.3 Å². The summed E-state index contributed by atoms with van der Waals surface area (Å²) in [5.74, 6) is -2.14. The van der Waals surface area contributed by atoms with Crippen molar-refractivity contribution in [1.29, 1.82) is 4.78 Å². The maximum absolute atomic E-state index is 12.9. The number of aliphatic hydroxyl groups is 1. The van der Waals surface area contributed by atoms with E-state index in [1.54, 1.807) is 60.7 Å². The average Bonchev–Trinajstić information content (AvgIpc) is 2.83. The molecule has 36 heavy (non-hydrogen) atoms. The van der Waals surface area contributed by atoms with E-state index in [0.717, 1.165) is 0 Å². The number of amides is 1. The lowest BCUT2D eigenvalue weighted by Gasteiger charge is -2.26. The fourth-order valence-electron chi connectivity index (χ4n) is 2.90. The summed E-state index contributed by atoms with van der Waals surface area (Å²) in [4.78, 5) is 24.9. The molecular weight excluding hydrogens is 501 g/mol. The topological polar surface area (TPSA) is 126 Å². The first-order chi connectivity index (χ1) is 16.8. The predicted octanol–water partition coefficient (Wildman–Crippen LogP) is 4.17. The molecule has 8 nitrogen and oxygen atoms in total. The molecule has 2 rings (SSSR count). The molecule has 2 aromatic carbocycles. The van der Waals surface area contributed by atoms with Crippen molar-refractivity contribution in [2.45, 2.75) is 50.8 Å². The van der Waals surface area contributed by atoms with Gasteiger partial charge in [-0.1, -0.05) is 60.7 Å². The van der Waals surface area contributed by atoms with E-state index in [9.17, 15) is 32.1 Å². The lowest BCUT2D eigenvalue weighted by molar-refractivity contribution is -0.253. The zero-order chi connectivity index (χ0) is 26.8. The minimum atomic E-state index is -4.95. The molecule has 2 aromatic rings. The molecule has 1 amide bonds. The van der Waals surface area contributed by atoms with Crippen LogP contribution in [0, 0.1) is 4.78 Å². The molecule has 12 heteroatoms. The molecule has 0 bridgehead atoms. The van der Waals surface area contributed by atoms with Gasteiger partial charge in [0.15, 0.2) is 5.60 Å². The summed E-state index contributed by atoms with van der Waals surface area (Å²) in [7, 11) is -3.62. The molecule has 198 valence electrons. The highest BCUT2D eigenvalue weighted by molar-refractivity contribution is 7.92. The molecule has 0 fully saturated rings. The number of esters is 1. The van der Waals surface area contributed by atoms with Crippen molar-refractivity contribution in [2.75, 3.05) is 11.5 Å². The van der Waals surface area contributed by atoms with E-state index >= 15 is 0 Å².